The van der Waals surface area contributed by atoms with Gasteiger partial charge in [0.05, 0.1) is 51.5 Å². The monoisotopic (exact) mass is 1550 g/mol. The fourth-order valence-corrected chi connectivity index (χ4v) is 16.0. The molecule has 50 nitrogen and oxygen atoms in total. The molecule has 0 radical (unpaired) electrons. The normalized spacial score (nSPS) is 29.2. The molecule has 5 aliphatic rings. The molecular weight excluding hydrogens is 1490 g/mol. The van der Waals surface area contributed by atoms with Crippen molar-refractivity contribution in [3.05, 3.63) is 91.5 Å². The third-order valence-corrected chi connectivity index (χ3v) is 20.9. The Hall–Kier alpha value is -7.77. The van der Waals surface area contributed by atoms with E-state index < -0.39 is 207 Å². The van der Waals surface area contributed by atoms with Crippen molar-refractivity contribution in [1.82, 2.24) is 77.7 Å². The quantitative estimate of drug-likeness (QED) is 0.0236. The molecule has 0 saturated carbocycles. The van der Waals surface area contributed by atoms with Crippen molar-refractivity contribution in [3.63, 3.8) is 0 Å². The molecule has 556 valence electrons. The largest absolute Gasteiger partial charge is 0.694 e. The van der Waals surface area contributed by atoms with Crippen LogP contribution in [-0.2, 0) is 87.2 Å². The Labute approximate surface area is 572 Å². The van der Waals surface area contributed by atoms with Crippen molar-refractivity contribution in [1.29, 1.82) is 0 Å². The number of phosphoric ester groups is 4. The number of nitrogens with one attached hydrogen (secondary N) is 2. The Balaban J connectivity index is 0.692. The lowest BCUT2D eigenvalue weighted by atomic mass is 10.2. The maximum atomic E-state index is 14.2. The van der Waals surface area contributed by atoms with Gasteiger partial charge in [-0.15, -0.1) is 9.42 Å². The summed E-state index contributed by atoms with van der Waals surface area (Å²) >= 11 is 0. The highest BCUT2D eigenvalue weighted by Crippen LogP contribution is 2.55. The zero-order chi connectivity index (χ0) is 73.2. The number of phosphoric acid groups is 4. The number of aromatic nitrogens is 16. The first-order valence-electron chi connectivity index (χ1n) is 30.2. The number of aliphatic hydroxyl groups excluding tert-OH is 1. The predicted octanol–water partition coefficient (Wildman–Crippen LogP) is -2.01. The average molecular weight is 1550 g/mol. The molecule has 0 spiro atoms. The van der Waals surface area contributed by atoms with E-state index in [9.17, 15) is 71.6 Å². The molecule has 8 aromatic heterocycles. The van der Waals surface area contributed by atoms with Crippen LogP contribution in [0.2, 0.25) is 0 Å². The first kappa shape index (κ1) is 73.5. The van der Waals surface area contributed by atoms with E-state index in [1.54, 1.807) is 0 Å². The zero-order valence-corrected chi connectivity index (χ0v) is 56.8. The van der Waals surface area contributed by atoms with Gasteiger partial charge in [-0.2, -0.15) is 19.9 Å². The smallest absolute Gasteiger partial charge is 0.390 e. The molecule has 0 bridgehead atoms. The Kier molecular flexibility index (Phi) is 20.9. The maximum absolute atomic E-state index is 14.2. The van der Waals surface area contributed by atoms with Gasteiger partial charge >= 0.3 is 50.9 Å². The number of imidazole rings is 3. The van der Waals surface area contributed by atoms with Crippen LogP contribution in [0, 0.1) is 0 Å². The van der Waals surface area contributed by atoms with Gasteiger partial charge in [0.1, 0.15) is 116 Å². The predicted molar refractivity (Wildman–Crippen MR) is 338 cm³/mol. The lowest BCUT2D eigenvalue weighted by Crippen LogP contribution is -2.32. The fourth-order valence-electron chi connectivity index (χ4n) is 11.9. The van der Waals surface area contributed by atoms with Crippen molar-refractivity contribution >= 4 is 102 Å². The minimum atomic E-state index is -5.54. The van der Waals surface area contributed by atoms with Crippen molar-refractivity contribution in [2.24, 2.45) is 0 Å². The summed E-state index contributed by atoms with van der Waals surface area (Å²) in [5.41, 5.74) is 25.4. The highest BCUT2D eigenvalue weighted by Gasteiger charge is 2.50. The summed E-state index contributed by atoms with van der Waals surface area (Å²) < 4.78 is 152. The molecule has 13 rings (SSSR count). The van der Waals surface area contributed by atoms with E-state index in [2.05, 4.69) is 54.8 Å². The van der Waals surface area contributed by atoms with E-state index in [1.165, 1.54) is 38.5 Å². The number of nitrogen functional groups attached to an aromatic ring is 5. The second-order valence-corrected chi connectivity index (χ2v) is 29.6. The summed E-state index contributed by atoms with van der Waals surface area (Å²) in [7, 11) is -25.0. The van der Waals surface area contributed by atoms with Gasteiger partial charge in [-0.05, 0) is 12.1 Å². The Morgan fingerprint density at radius 2 is 0.825 bits per heavy atom. The number of ether oxygens (including phenoxy) is 5. The SMILES string of the molecule is Nc1ccn([C@H]2C[C@H](OP(=O)(O)OC[C@H]3O[C@@H](n4cnc5c(=O)[nH]c(N)nc54)C[C@@H]3OP(=O)(O)OC[C@H]3O[C@@H](n4cnc5c(N)ncnc54)C[C@@H]3O)[C@@H](COP(=O)(O)O[C@H]3C[C@H](n4ccc(N)nc4=O)O[C@@H]3COP(=O)(O)O[C@H]3C[C@H](n4cnc5c(=O)[nH]c(N)nc54)O[C@@H]3CO[P+](=O)O)O2)c(=O)n1. The van der Waals surface area contributed by atoms with E-state index in [0.29, 0.717) is 0 Å². The molecular formula is C48H61N21O29P5+. The molecule has 20 atom stereocenters. The average Bonchev–Trinajstić information content (AvgIpc) is 1.63. The molecule has 5 fully saturated rings. The number of rotatable bonds is 28. The van der Waals surface area contributed by atoms with Crippen LogP contribution in [0.25, 0.3) is 33.5 Å². The highest BCUT2D eigenvalue weighted by molar-refractivity contribution is 7.48. The molecule has 55 heteroatoms. The topological polar surface area (TPSA) is 707 Å². The van der Waals surface area contributed by atoms with Crippen molar-refractivity contribution in [2.75, 3.05) is 61.7 Å². The summed E-state index contributed by atoms with van der Waals surface area (Å²) in [4.78, 5) is 147. The molecule has 5 aliphatic heterocycles. The zero-order valence-electron chi connectivity index (χ0n) is 52.3. The minimum Gasteiger partial charge on any atom is -0.390 e. The maximum Gasteiger partial charge on any atom is 0.694 e. The van der Waals surface area contributed by atoms with Gasteiger partial charge in [-0.1, -0.05) is 0 Å². The molecule has 5 saturated heterocycles. The fraction of sp³-hybridized carbons (Fsp3) is 0.521. The molecule has 13 heterocycles. The molecule has 0 aromatic carbocycles. The summed E-state index contributed by atoms with van der Waals surface area (Å²) in [6.07, 6.45) is -16.6. The standard InChI is InChI=1S/C48H60N21O29P5/c49-29-1-3-65(47(73)59-29)32-6-21(26(92-32)12-87-101(79,80)95-20-8-34(91-25(20)10-85-99(75)76)68-17-57-37-41(68)61-45(52)63-43(37)71)96-102(81,82)88-13-27-22(7-33(93-27)66-4-2-30(50)60-48(66)74)97-103(83,84)89-14-28-23(9-35(94-28)69-18-58-38-42(69)62-46(53)64-44(38)72)98-100(77,78)86-11-24-19(70)5-31(90-24)67-16-56-36-39(51)54-15-55-40(36)67/h1-4,15-28,31-35,70H,5-14H2,(H16-,49,50,51,52,53,54,55,59,60,61,62,63,64,71,72,73,74,75,76,77,78,79,80,81,82,83,84)/p+1/t19-,20-,21-,22-,23-,24+,25+,26+,27+,28+,31+,32+,33+,34+,35+/m0/s1. The Bertz CT molecular complexity index is 4990. The van der Waals surface area contributed by atoms with Crippen molar-refractivity contribution in [2.45, 2.75) is 124 Å². The first-order valence-corrected chi connectivity index (χ1v) is 37.4. The van der Waals surface area contributed by atoms with Gasteiger partial charge in [-0.3, -0.25) is 78.6 Å². The Morgan fingerprint density at radius 3 is 1.22 bits per heavy atom. The summed E-state index contributed by atoms with van der Waals surface area (Å²) in [5, 5.41) is 11.0. The summed E-state index contributed by atoms with van der Waals surface area (Å²) in [5.74, 6) is -0.987. The number of aliphatic hydroxyl groups is 1. The van der Waals surface area contributed by atoms with Crippen LogP contribution < -0.4 is 51.2 Å². The molecule has 5 unspecified atom stereocenters. The van der Waals surface area contributed by atoms with E-state index in [-0.39, 0.29) is 75.7 Å². The third kappa shape index (κ3) is 16.5. The molecule has 0 amide bonds. The second kappa shape index (κ2) is 29.3. The lowest BCUT2D eigenvalue weighted by molar-refractivity contribution is -0.0640. The summed E-state index contributed by atoms with van der Waals surface area (Å²) in [6, 6.07) is 2.40. The number of H-pyrrole nitrogens is 2. The number of hydrogen-bond donors (Lipinski definition) is 13. The lowest BCUT2D eigenvalue weighted by Gasteiger charge is -2.25. The van der Waals surface area contributed by atoms with Crippen LogP contribution >= 0.6 is 39.5 Å². The number of aromatic amines is 2. The van der Waals surface area contributed by atoms with E-state index in [1.807, 2.05) is 0 Å². The van der Waals surface area contributed by atoms with Crippen LogP contribution in [0.3, 0.4) is 0 Å². The van der Waals surface area contributed by atoms with Crippen LogP contribution in [0.15, 0.2) is 69.0 Å². The molecule has 103 heavy (non-hydrogen) atoms. The van der Waals surface area contributed by atoms with E-state index in [0.717, 1.165) is 34.2 Å². The van der Waals surface area contributed by atoms with Crippen LogP contribution in [0.1, 0.15) is 63.2 Å². The highest BCUT2D eigenvalue weighted by atomic mass is 31.2. The van der Waals surface area contributed by atoms with Crippen LogP contribution in [0.4, 0.5) is 29.4 Å². The second-order valence-electron chi connectivity index (χ2n) is 23.3. The molecule has 8 aromatic rings. The first-order chi connectivity index (χ1) is 48.8. The van der Waals surface area contributed by atoms with Crippen LogP contribution in [-0.4, -0.2) is 201 Å². The minimum absolute atomic E-state index is 0.0598. The number of fused-ring (bicyclic) bond motifs is 3. The number of nitrogens with two attached hydrogens (primary N) is 5. The van der Waals surface area contributed by atoms with E-state index >= 15 is 0 Å². The molecule has 0 aliphatic carbocycles. The van der Waals surface area contributed by atoms with Gasteiger partial charge < -0.3 is 77.0 Å². The number of hydrogen-bond acceptors (Lipinski definition) is 38. The van der Waals surface area contributed by atoms with Gasteiger partial charge in [0, 0.05) is 49.1 Å². The van der Waals surface area contributed by atoms with Gasteiger partial charge in [0.2, 0.25) is 11.9 Å². The van der Waals surface area contributed by atoms with Gasteiger partial charge in [-0.25, -0.2) is 52.8 Å². The van der Waals surface area contributed by atoms with E-state index in [4.69, 9.17) is 93.1 Å². The number of nitrogens with zero attached hydrogens (tertiary/aromatic N) is 14. The van der Waals surface area contributed by atoms with Gasteiger partial charge in [0.25, 0.3) is 11.1 Å². The number of anilines is 5. The van der Waals surface area contributed by atoms with Crippen molar-refractivity contribution in [3.8, 4) is 0 Å². The third-order valence-electron chi connectivity index (χ3n) is 16.5. The van der Waals surface area contributed by atoms with Crippen LogP contribution in [0.5, 0.6) is 0 Å². The van der Waals surface area contributed by atoms with Gasteiger partial charge in [0.15, 0.2) is 33.8 Å². The van der Waals surface area contributed by atoms with Crippen molar-refractivity contribution < 1.29 is 117 Å². The Morgan fingerprint density at radius 1 is 0.476 bits per heavy atom. The summed E-state index contributed by atoms with van der Waals surface area (Å²) in [6.45, 7) is -4.60. The molecule has 18 N–H and O–H groups in total.